The second kappa shape index (κ2) is 5.92. The minimum absolute atomic E-state index is 0.0376. The molecule has 1 heterocycles. The van der Waals surface area contributed by atoms with E-state index in [4.69, 9.17) is 0 Å². The van der Waals surface area contributed by atoms with Gasteiger partial charge in [-0.15, -0.1) is 0 Å². The van der Waals surface area contributed by atoms with Crippen molar-refractivity contribution >= 4 is 28.6 Å². The molecule has 0 aromatic carbocycles. The zero-order chi connectivity index (χ0) is 12.2. The lowest BCUT2D eigenvalue weighted by atomic mass is 9.84. The maximum absolute atomic E-state index is 11.9. The van der Waals surface area contributed by atoms with E-state index in [2.05, 4.69) is 42.4 Å². The van der Waals surface area contributed by atoms with Gasteiger partial charge in [0.25, 0.3) is 5.56 Å². The van der Waals surface area contributed by atoms with Crippen LogP contribution in [-0.2, 0) is 6.54 Å². The smallest absolute Gasteiger partial charge is 0.264 e. The summed E-state index contributed by atoms with van der Waals surface area (Å²) < 4.78 is 2.39. The first-order chi connectivity index (χ1) is 7.58. The standard InChI is InChI=1S/C12H18BrNOS/c1-3-12(4-2,9-16)8-14-7-5-6-10(13)11(14)15/h5-7,16H,3-4,8-9H2,1-2H3. The third kappa shape index (κ3) is 2.92. The molecule has 0 unspecified atom stereocenters. The van der Waals surface area contributed by atoms with Gasteiger partial charge in [-0.3, -0.25) is 4.79 Å². The molecule has 2 nitrogen and oxygen atoms in total. The molecule has 16 heavy (non-hydrogen) atoms. The second-order valence-electron chi connectivity index (χ2n) is 4.15. The number of nitrogens with zero attached hydrogens (tertiary/aromatic N) is 1. The van der Waals surface area contributed by atoms with E-state index in [0.29, 0.717) is 4.47 Å². The molecule has 0 bridgehead atoms. The topological polar surface area (TPSA) is 22.0 Å². The first kappa shape index (κ1) is 13.8. The summed E-state index contributed by atoms with van der Waals surface area (Å²) in [6.45, 7) is 5.05. The predicted molar refractivity (Wildman–Crippen MR) is 75.3 cm³/mol. The van der Waals surface area contributed by atoms with Crippen LogP contribution in [0.3, 0.4) is 0 Å². The number of halogens is 1. The lowest BCUT2D eigenvalue weighted by Gasteiger charge is -2.30. The van der Waals surface area contributed by atoms with Crippen LogP contribution in [0.5, 0.6) is 0 Å². The second-order valence-corrected chi connectivity index (χ2v) is 5.32. The summed E-state index contributed by atoms with van der Waals surface area (Å²) in [4.78, 5) is 11.9. The quantitative estimate of drug-likeness (QED) is 0.828. The van der Waals surface area contributed by atoms with Gasteiger partial charge in [0, 0.05) is 12.7 Å². The van der Waals surface area contributed by atoms with Gasteiger partial charge in [0.15, 0.2) is 0 Å². The lowest BCUT2D eigenvalue weighted by Crippen LogP contribution is -2.33. The highest BCUT2D eigenvalue weighted by Crippen LogP contribution is 2.29. The average molecular weight is 304 g/mol. The molecule has 0 aliphatic heterocycles. The molecule has 0 aliphatic carbocycles. The molecule has 0 saturated carbocycles. The van der Waals surface area contributed by atoms with Crippen molar-refractivity contribution in [3.8, 4) is 0 Å². The lowest BCUT2D eigenvalue weighted by molar-refractivity contribution is 0.254. The first-order valence-electron chi connectivity index (χ1n) is 5.54. The van der Waals surface area contributed by atoms with Crippen LogP contribution in [0.15, 0.2) is 27.6 Å². The molecule has 0 saturated heterocycles. The van der Waals surface area contributed by atoms with Crippen LogP contribution in [0.25, 0.3) is 0 Å². The van der Waals surface area contributed by atoms with E-state index in [9.17, 15) is 4.79 Å². The molecule has 0 fully saturated rings. The maximum atomic E-state index is 11.9. The van der Waals surface area contributed by atoms with Crippen molar-refractivity contribution in [3.05, 3.63) is 33.2 Å². The molecule has 0 aliphatic rings. The molecule has 4 heteroatoms. The number of thiol groups is 1. The van der Waals surface area contributed by atoms with Gasteiger partial charge in [-0.05, 0) is 52.1 Å². The fourth-order valence-electron chi connectivity index (χ4n) is 1.74. The van der Waals surface area contributed by atoms with Gasteiger partial charge >= 0.3 is 0 Å². The van der Waals surface area contributed by atoms with E-state index in [1.165, 1.54) is 0 Å². The maximum Gasteiger partial charge on any atom is 0.264 e. The van der Waals surface area contributed by atoms with E-state index in [1.54, 1.807) is 10.6 Å². The monoisotopic (exact) mass is 303 g/mol. The van der Waals surface area contributed by atoms with E-state index in [-0.39, 0.29) is 11.0 Å². The number of rotatable bonds is 5. The molecule has 0 atom stereocenters. The van der Waals surface area contributed by atoms with Crippen LogP contribution in [0.2, 0.25) is 0 Å². The van der Waals surface area contributed by atoms with Crippen LogP contribution >= 0.6 is 28.6 Å². The Labute approximate surface area is 111 Å². The van der Waals surface area contributed by atoms with Crippen molar-refractivity contribution < 1.29 is 0 Å². The minimum Gasteiger partial charge on any atom is -0.314 e. The van der Waals surface area contributed by atoms with Gasteiger partial charge in [0.1, 0.15) is 0 Å². The molecule has 0 spiro atoms. The van der Waals surface area contributed by atoms with Crippen molar-refractivity contribution in [3.63, 3.8) is 0 Å². The highest BCUT2D eigenvalue weighted by molar-refractivity contribution is 9.10. The summed E-state index contributed by atoms with van der Waals surface area (Å²) in [6, 6.07) is 3.67. The van der Waals surface area contributed by atoms with Crippen LogP contribution in [0.4, 0.5) is 0 Å². The fraction of sp³-hybridized carbons (Fsp3) is 0.583. The highest BCUT2D eigenvalue weighted by Gasteiger charge is 2.25. The molecule has 0 radical (unpaired) electrons. The Balaban J connectivity index is 3.03. The van der Waals surface area contributed by atoms with Crippen LogP contribution < -0.4 is 5.56 Å². The minimum atomic E-state index is 0.0376. The zero-order valence-corrected chi connectivity index (χ0v) is 12.2. The highest BCUT2D eigenvalue weighted by atomic mass is 79.9. The van der Waals surface area contributed by atoms with Gasteiger partial charge in [-0.25, -0.2) is 0 Å². The van der Waals surface area contributed by atoms with E-state index >= 15 is 0 Å². The summed E-state index contributed by atoms with van der Waals surface area (Å²) >= 11 is 7.69. The van der Waals surface area contributed by atoms with Gasteiger partial charge in [0.2, 0.25) is 0 Å². The summed E-state index contributed by atoms with van der Waals surface area (Å²) in [6.07, 6.45) is 3.91. The normalized spacial score (nSPS) is 11.8. The molecule has 90 valence electrons. The Morgan fingerprint density at radius 2 is 2.06 bits per heavy atom. The number of aromatic nitrogens is 1. The SMILES string of the molecule is CCC(CC)(CS)Cn1cccc(Br)c1=O. The van der Waals surface area contributed by atoms with Crippen LogP contribution in [0, 0.1) is 5.41 Å². The van der Waals surface area contributed by atoms with Crippen molar-refractivity contribution in [2.75, 3.05) is 5.75 Å². The fourth-order valence-corrected chi connectivity index (χ4v) is 2.67. The van der Waals surface area contributed by atoms with E-state index in [0.717, 1.165) is 25.1 Å². The van der Waals surface area contributed by atoms with Crippen molar-refractivity contribution in [2.24, 2.45) is 5.41 Å². The summed E-state index contributed by atoms with van der Waals surface area (Å²) in [5, 5.41) is 0. The third-order valence-electron chi connectivity index (χ3n) is 3.31. The molecule has 1 aromatic rings. The largest absolute Gasteiger partial charge is 0.314 e. The Morgan fingerprint density at radius 1 is 1.44 bits per heavy atom. The number of hydrogen-bond acceptors (Lipinski definition) is 2. The van der Waals surface area contributed by atoms with Crippen molar-refractivity contribution in [2.45, 2.75) is 33.2 Å². The van der Waals surface area contributed by atoms with Crippen LogP contribution in [-0.4, -0.2) is 10.3 Å². The Bertz CT molecular complexity index is 390. The molecule has 1 aromatic heterocycles. The molecular formula is C12H18BrNOS. The molecule has 1 rings (SSSR count). The predicted octanol–water partition coefficient (Wildman–Crippen LogP) is 3.35. The number of pyridine rings is 1. The van der Waals surface area contributed by atoms with Crippen LogP contribution in [0.1, 0.15) is 26.7 Å². The Kier molecular flexibility index (Phi) is 5.12. The Hall–Kier alpha value is -0.220. The average Bonchev–Trinajstić information content (AvgIpc) is 2.32. The number of hydrogen-bond donors (Lipinski definition) is 1. The first-order valence-corrected chi connectivity index (χ1v) is 6.97. The van der Waals surface area contributed by atoms with E-state index in [1.807, 2.05) is 12.3 Å². The van der Waals surface area contributed by atoms with Gasteiger partial charge in [-0.1, -0.05) is 13.8 Å². The Morgan fingerprint density at radius 3 is 2.56 bits per heavy atom. The van der Waals surface area contributed by atoms with Crippen molar-refractivity contribution in [1.29, 1.82) is 0 Å². The third-order valence-corrected chi connectivity index (χ3v) is 4.59. The van der Waals surface area contributed by atoms with Gasteiger partial charge < -0.3 is 4.57 Å². The summed E-state index contributed by atoms with van der Waals surface area (Å²) in [5.41, 5.74) is 0.156. The van der Waals surface area contributed by atoms with Crippen molar-refractivity contribution in [1.82, 2.24) is 4.57 Å². The molecule has 0 N–H and O–H groups in total. The van der Waals surface area contributed by atoms with Gasteiger partial charge in [0.05, 0.1) is 4.47 Å². The molecular weight excluding hydrogens is 286 g/mol. The molecule has 0 amide bonds. The zero-order valence-electron chi connectivity index (χ0n) is 9.74. The van der Waals surface area contributed by atoms with E-state index < -0.39 is 0 Å². The van der Waals surface area contributed by atoms with Gasteiger partial charge in [-0.2, -0.15) is 12.6 Å². The summed E-state index contributed by atoms with van der Waals surface area (Å²) in [7, 11) is 0. The summed E-state index contributed by atoms with van der Waals surface area (Å²) in [5.74, 6) is 0.805.